The lowest BCUT2D eigenvalue weighted by Gasteiger charge is -2.19. The number of nitrogens with one attached hydrogen (secondary N) is 1. The quantitative estimate of drug-likeness (QED) is 0.748. The molecule has 1 nitrogen and oxygen atoms in total. The SMILES string of the molecule is CCCNC(C)CC(C)Cc1ccc(Cl)cc1Cl. The molecule has 18 heavy (non-hydrogen) atoms. The summed E-state index contributed by atoms with van der Waals surface area (Å²) in [6.07, 6.45) is 3.36. The molecule has 0 saturated heterocycles. The Kier molecular flexibility index (Phi) is 7.06. The number of benzene rings is 1. The fourth-order valence-electron chi connectivity index (χ4n) is 2.22. The van der Waals surface area contributed by atoms with Crippen molar-refractivity contribution in [3.8, 4) is 0 Å². The highest BCUT2D eigenvalue weighted by Gasteiger charge is 2.11. The topological polar surface area (TPSA) is 12.0 Å². The van der Waals surface area contributed by atoms with Crippen molar-refractivity contribution < 1.29 is 0 Å². The van der Waals surface area contributed by atoms with Gasteiger partial charge in [-0.25, -0.2) is 0 Å². The second-order valence-electron chi connectivity index (χ2n) is 5.14. The summed E-state index contributed by atoms with van der Waals surface area (Å²) in [5.41, 5.74) is 1.19. The molecular formula is C15H23Cl2N. The molecule has 2 unspecified atom stereocenters. The van der Waals surface area contributed by atoms with E-state index >= 15 is 0 Å². The Morgan fingerprint density at radius 2 is 1.94 bits per heavy atom. The molecular weight excluding hydrogens is 265 g/mol. The largest absolute Gasteiger partial charge is 0.314 e. The molecule has 0 aromatic heterocycles. The Morgan fingerprint density at radius 3 is 2.56 bits per heavy atom. The zero-order chi connectivity index (χ0) is 13.5. The maximum absolute atomic E-state index is 6.19. The Labute approximate surface area is 121 Å². The van der Waals surface area contributed by atoms with Crippen LogP contribution in [-0.2, 0) is 6.42 Å². The van der Waals surface area contributed by atoms with Crippen molar-refractivity contribution in [2.24, 2.45) is 5.92 Å². The third-order valence-electron chi connectivity index (χ3n) is 3.08. The lowest BCUT2D eigenvalue weighted by molar-refractivity contribution is 0.420. The number of hydrogen-bond acceptors (Lipinski definition) is 1. The molecule has 0 saturated carbocycles. The van der Waals surface area contributed by atoms with Crippen molar-refractivity contribution in [3.63, 3.8) is 0 Å². The molecule has 0 spiro atoms. The van der Waals surface area contributed by atoms with Gasteiger partial charge in [0, 0.05) is 16.1 Å². The Hall–Kier alpha value is -0.240. The third-order valence-corrected chi connectivity index (χ3v) is 3.67. The van der Waals surface area contributed by atoms with E-state index in [0.29, 0.717) is 17.0 Å². The summed E-state index contributed by atoms with van der Waals surface area (Å²) in [6.45, 7) is 7.80. The van der Waals surface area contributed by atoms with Crippen LogP contribution in [0.25, 0.3) is 0 Å². The molecule has 0 radical (unpaired) electrons. The van der Waals surface area contributed by atoms with Gasteiger partial charge in [0.25, 0.3) is 0 Å². The van der Waals surface area contributed by atoms with Gasteiger partial charge in [0.05, 0.1) is 0 Å². The zero-order valence-electron chi connectivity index (χ0n) is 11.5. The third kappa shape index (κ3) is 5.60. The van der Waals surface area contributed by atoms with Crippen molar-refractivity contribution in [2.75, 3.05) is 6.54 Å². The second-order valence-corrected chi connectivity index (χ2v) is 5.98. The first kappa shape index (κ1) is 15.8. The minimum absolute atomic E-state index is 0.561. The molecule has 102 valence electrons. The molecule has 1 N–H and O–H groups in total. The lowest BCUT2D eigenvalue weighted by atomic mass is 9.95. The summed E-state index contributed by atoms with van der Waals surface area (Å²) in [7, 11) is 0. The van der Waals surface area contributed by atoms with Crippen molar-refractivity contribution in [1.29, 1.82) is 0 Å². The monoisotopic (exact) mass is 287 g/mol. The minimum Gasteiger partial charge on any atom is -0.314 e. The molecule has 0 aliphatic carbocycles. The van der Waals surface area contributed by atoms with Gasteiger partial charge in [-0.2, -0.15) is 0 Å². The van der Waals surface area contributed by atoms with Crippen LogP contribution in [0.3, 0.4) is 0 Å². The average molecular weight is 288 g/mol. The van der Waals surface area contributed by atoms with Gasteiger partial charge in [0.1, 0.15) is 0 Å². The van der Waals surface area contributed by atoms with Crippen LogP contribution in [0.4, 0.5) is 0 Å². The van der Waals surface area contributed by atoms with E-state index in [-0.39, 0.29) is 0 Å². The van der Waals surface area contributed by atoms with E-state index in [1.54, 1.807) is 0 Å². The Bertz CT molecular complexity index is 366. The van der Waals surface area contributed by atoms with Gasteiger partial charge in [-0.3, -0.25) is 0 Å². The number of hydrogen-bond donors (Lipinski definition) is 1. The Balaban J connectivity index is 2.46. The molecule has 3 heteroatoms. The van der Waals surface area contributed by atoms with E-state index in [0.717, 1.165) is 18.0 Å². The molecule has 0 aliphatic heterocycles. The van der Waals surface area contributed by atoms with E-state index < -0.39 is 0 Å². The van der Waals surface area contributed by atoms with Crippen LogP contribution in [0, 0.1) is 5.92 Å². The van der Waals surface area contributed by atoms with Crippen LogP contribution in [0.15, 0.2) is 18.2 Å². The summed E-state index contributed by atoms with van der Waals surface area (Å²) in [5.74, 6) is 0.614. The summed E-state index contributed by atoms with van der Waals surface area (Å²) >= 11 is 12.1. The van der Waals surface area contributed by atoms with Crippen LogP contribution >= 0.6 is 23.2 Å². The van der Waals surface area contributed by atoms with E-state index in [9.17, 15) is 0 Å². The highest BCUT2D eigenvalue weighted by molar-refractivity contribution is 6.35. The molecule has 1 aromatic rings. The summed E-state index contributed by atoms with van der Waals surface area (Å²) in [6, 6.07) is 6.33. The van der Waals surface area contributed by atoms with Crippen LogP contribution in [0.1, 0.15) is 39.2 Å². The first-order valence-electron chi connectivity index (χ1n) is 6.70. The van der Waals surface area contributed by atoms with Gasteiger partial charge in [0.2, 0.25) is 0 Å². The summed E-state index contributed by atoms with van der Waals surface area (Å²) in [5, 5.41) is 5.00. The summed E-state index contributed by atoms with van der Waals surface area (Å²) < 4.78 is 0. The predicted molar refractivity (Wildman–Crippen MR) is 81.7 cm³/mol. The normalized spacial score (nSPS) is 14.5. The number of halogens is 2. The van der Waals surface area contributed by atoms with Gasteiger partial charge in [0.15, 0.2) is 0 Å². The van der Waals surface area contributed by atoms with Gasteiger partial charge < -0.3 is 5.32 Å². The van der Waals surface area contributed by atoms with E-state index in [4.69, 9.17) is 23.2 Å². The van der Waals surface area contributed by atoms with Crippen molar-refractivity contribution >= 4 is 23.2 Å². The van der Waals surface area contributed by atoms with Crippen LogP contribution in [0.2, 0.25) is 10.0 Å². The fraction of sp³-hybridized carbons (Fsp3) is 0.600. The highest BCUT2D eigenvalue weighted by Crippen LogP contribution is 2.24. The molecule has 0 aliphatic rings. The maximum Gasteiger partial charge on any atom is 0.0452 e. The molecule has 2 atom stereocenters. The second kappa shape index (κ2) is 8.04. The van der Waals surface area contributed by atoms with Crippen molar-refractivity contribution in [3.05, 3.63) is 33.8 Å². The van der Waals surface area contributed by atoms with Gasteiger partial charge in [-0.1, -0.05) is 43.1 Å². The molecule has 0 heterocycles. The van der Waals surface area contributed by atoms with E-state index in [1.165, 1.54) is 18.4 Å². The molecule has 0 bridgehead atoms. The van der Waals surface area contributed by atoms with E-state index in [2.05, 4.69) is 26.1 Å². The fourth-order valence-corrected chi connectivity index (χ4v) is 2.71. The van der Waals surface area contributed by atoms with Crippen LogP contribution < -0.4 is 5.32 Å². The van der Waals surface area contributed by atoms with Crippen molar-refractivity contribution in [1.82, 2.24) is 5.32 Å². The molecule has 1 rings (SSSR count). The predicted octanol–water partition coefficient (Wildman–Crippen LogP) is 4.95. The first-order valence-corrected chi connectivity index (χ1v) is 7.45. The highest BCUT2D eigenvalue weighted by atomic mass is 35.5. The zero-order valence-corrected chi connectivity index (χ0v) is 13.0. The average Bonchev–Trinajstić information content (AvgIpc) is 2.30. The van der Waals surface area contributed by atoms with Crippen LogP contribution in [0.5, 0.6) is 0 Å². The Morgan fingerprint density at radius 1 is 1.22 bits per heavy atom. The summed E-state index contributed by atoms with van der Waals surface area (Å²) in [4.78, 5) is 0. The van der Waals surface area contributed by atoms with E-state index in [1.807, 2.05) is 18.2 Å². The first-order chi connectivity index (χ1) is 8.52. The molecule has 1 aromatic carbocycles. The van der Waals surface area contributed by atoms with Crippen LogP contribution in [-0.4, -0.2) is 12.6 Å². The maximum atomic E-state index is 6.19. The van der Waals surface area contributed by atoms with Gasteiger partial charge in [-0.05, 0) is 56.3 Å². The smallest absolute Gasteiger partial charge is 0.0452 e. The van der Waals surface area contributed by atoms with Gasteiger partial charge >= 0.3 is 0 Å². The molecule has 0 fully saturated rings. The lowest BCUT2D eigenvalue weighted by Crippen LogP contribution is -2.28. The molecule has 0 amide bonds. The van der Waals surface area contributed by atoms with Gasteiger partial charge in [-0.15, -0.1) is 0 Å². The van der Waals surface area contributed by atoms with Crippen molar-refractivity contribution in [2.45, 2.75) is 46.1 Å². The minimum atomic E-state index is 0.561. The number of rotatable bonds is 7. The standard InChI is InChI=1S/C15H23Cl2N/c1-4-7-18-12(3)8-11(2)9-13-5-6-14(16)10-15(13)17/h5-6,10-12,18H,4,7-9H2,1-3H3.